The van der Waals surface area contributed by atoms with Gasteiger partial charge >= 0.3 is 6.03 Å². The molecule has 0 spiro atoms. The molecule has 1 aromatic carbocycles. The monoisotopic (exact) mass is 469 g/mol. The van der Waals surface area contributed by atoms with E-state index in [0.29, 0.717) is 23.9 Å². The average Bonchev–Trinajstić information content (AvgIpc) is 2.68. The lowest BCUT2D eigenvalue weighted by molar-refractivity contribution is 0.210. The lowest BCUT2D eigenvalue weighted by Crippen LogP contribution is -2.35. The standard InChI is InChI=1S/C20H28ClN5O4S/c1-12(2)16-8-14(21)9-17(13(3)4)19(16)24-20(27)26-31(28,29)15-10-18(25-23-11-15)22-6-7-30-5/h8-13H,6-7H2,1-5H3,(H,22,25)(H2,24,26,27). The van der Waals surface area contributed by atoms with E-state index in [-0.39, 0.29) is 22.5 Å². The van der Waals surface area contributed by atoms with Gasteiger partial charge in [-0.25, -0.2) is 17.9 Å². The number of benzene rings is 1. The molecule has 0 aliphatic rings. The van der Waals surface area contributed by atoms with Crippen molar-refractivity contribution >= 4 is 39.2 Å². The highest BCUT2D eigenvalue weighted by atomic mass is 35.5. The van der Waals surface area contributed by atoms with Crippen molar-refractivity contribution in [1.29, 1.82) is 0 Å². The molecule has 9 nitrogen and oxygen atoms in total. The number of methoxy groups -OCH3 is 1. The Morgan fingerprint density at radius 1 is 1.13 bits per heavy atom. The van der Waals surface area contributed by atoms with Crippen LogP contribution in [0.25, 0.3) is 0 Å². The fraction of sp³-hybridized carbons (Fsp3) is 0.450. The molecule has 0 radical (unpaired) electrons. The number of hydrogen-bond donors (Lipinski definition) is 3. The number of hydrogen-bond acceptors (Lipinski definition) is 7. The van der Waals surface area contributed by atoms with E-state index in [2.05, 4.69) is 20.8 Å². The molecule has 0 bridgehead atoms. The summed E-state index contributed by atoms with van der Waals surface area (Å²) in [5, 5.41) is 13.7. The molecule has 2 amide bonds. The van der Waals surface area contributed by atoms with Crippen molar-refractivity contribution in [1.82, 2.24) is 14.9 Å². The molecule has 0 aliphatic carbocycles. The number of halogens is 1. The molecule has 2 rings (SSSR count). The number of nitrogens with one attached hydrogen (secondary N) is 3. The molecule has 1 aromatic heterocycles. The summed E-state index contributed by atoms with van der Waals surface area (Å²) in [6, 6.07) is 3.95. The maximum atomic E-state index is 12.7. The Bertz CT molecular complexity index is 999. The minimum atomic E-state index is -4.17. The van der Waals surface area contributed by atoms with Crippen LogP contribution in [-0.4, -0.2) is 44.9 Å². The van der Waals surface area contributed by atoms with E-state index in [1.54, 1.807) is 19.2 Å². The maximum absolute atomic E-state index is 12.7. The van der Waals surface area contributed by atoms with Crippen molar-refractivity contribution in [3.8, 4) is 0 Å². The molecule has 31 heavy (non-hydrogen) atoms. The van der Waals surface area contributed by atoms with Crippen LogP contribution >= 0.6 is 11.6 Å². The molecule has 0 unspecified atom stereocenters. The Morgan fingerprint density at radius 2 is 1.74 bits per heavy atom. The number of ether oxygens (including phenoxy) is 1. The molecule has 0 saturated carbocycles. The van der Waals surface area contributed by atoms with Crippen molar-refractivity contribution in [3.05, 3.63) is 40.5 Å². The summed E-state index contributed by atoms with van der Waals surface area (Å²) >= 11 is 6.24. The van der Waals surface area contributed by atoms with Crippen molar-refractivity contribution in [2.75, 3.05) is 30.9 Å². The minimum absolute atomic E-state index is 0.0632. The SMILES string of the molecule is COCCNc1cc(S(=O)(=O)NC(=O)Nc2c(C(C)C)cc(Cl)cc2C(C)C)cnn1. The van der Waals surface area contributed by atoms with Crippen molar-refractivity contribution in [2.45, 2.75) is 44.4 Å². The topological polar surface area (TPSA) is 122 Å². The Morgan fingerprint density at radius 3 is 2.29 bits per heavy atom. The zero-order valence-electron chi connectivity index (χ0n) is 18.2. The zero-order chi connectivity index (χ0) is 23.2. The summed E-state index contributed by atoms with van der Waals surface area (Å²) < 4.78 is 32.3. The molecule has 3 N–H and O–H groups in total. The van der Waals surface area contributed by atoms with Gasteiger partial charge in [0.05, 0.1) is 12.8 Å². The molecule has 0 aliphatic heterocycles. The van der Waals surface area contributed by atoms with Crippen LogP contribution in [0, 0.1) is 0 Å². The predicted molar refractivity (Wildman–Crippen MR) is 121 cm³/mol. The molecular weight excluding hydrogens is 442 g/mol. The summed E-state index contributed by atoms with van der Waals surface area (Å²) in [6.45, 7) is 8.71. The number of anilines is 2. The molecular formula is C20H28ClN5O4S. The Hall–Kier alpha value is -2.43. The Labute approximate surface area is 188 Å². The fourth-order valence-electron chi connectivity index (χ4n) is 2.89. The summed E-state index contributed by atoms with van der Waals surface area (Å²) in [6.07, 6.45) is 1.07. The summed E-state index contributed by atoms with van der Waals surface area (Å²) in [7, 11) is -2.62. The van der Waals surface area contributed by atoms with E-state index in [9.17, 15) is 13.2 Å². The number of rotatable bonds is 9. The number of carbonyl (C=O) groups excluding carboxylic acids is 1. The highest BCUT2D eigenvalue weighted by molar-refractivity contribution is 7.90. The van der Waals surface area contributed by atoms with Crippen LogP contribution in [0.5, 0.6) is 0 Å². The lowest BCUT2D eigenvalue weighted by Gasteiger charge is -2.21. The van der Waals surface area contributed by atoms with Crippen LogP contribution in [0.15, 0.2) is 29.3 Å². The Balaban J connectivity index is 2.25. The molecule has 0 saturated heterocycles. The molecule has 1 heterocycles. The lowest BCUT2D eigenvalue weighted by atomic mass is 9.92. The number of amides is 2. The second-order valence-electron chi connectivity index (χ2n) is 7.52. The molecule has 170 valence electrons. The van der Waals surface area contributed by atoms with E-state index >= 15 is 0 Å². The molecule has 0 atom stereocenters. The second kappa shape index (κ2) is 10.7. The van der Waals surface area contributed by atoms with E-state index in [1.807, 2.05) is 32.4 Å². The summed E-state index contributed by atoms with van der Waals surface area (Å²) in [4.78, 5) is 12.4. The highest BCUT2D eigenvalue weighted by Crippen LogP contribution is 2.35. The first-order valence-electron chi connectivity index (χ1n) is 9.77. The van der Waals surface area contributed by atoms with Gasteiger partial charge < -0.3 is 15.4 Å². The first-order chi connectivity index (χ1) is 14.5. The van der Waals surface area contributed by atoms with Crippen LogP contribution in [0.3, 0.4) is 0 Å². The largest absolute Gasteiger partial charge is 0.383 e. The van der Waals surface area contributed by atoms with Crippen molar-refractivity contribution < 1.29 is 17.9 Å². The minimum Gasteiger partial charge on any atom is -0.383 e. The third kappa shape index (κ3) is 6.78. The van der Waals surface area contributed by atoms with Gasteiger partial charge in [0.2, 0.25) is 0 Å². The number of nitrogens with zero attached hydrogens (tertiary/aromatic N) is 2. The molecule has 11 heteroatoms. The van der Waals surface area contributed by atoms with Crippen LogP contribution in [0.4, 0.5) is 16.3 Å². The van der Waals surface area contributed by atoms with Gasteiger partial charge in [-0.3, -0.25) is 0 Å². The van der Waals surface area contributed by atoms with Crippen molar-refractivity contribution in [3.63, 3.8) is 0 Å². The van der Waals surface area contributed by atoms with Crippen LogP contribution < -0.4 is 15.4 Å². The number of sulfonamides is 1. The van der Waals surface area contributed by atoms with Gasteiger partial charge in [-0.05, 0) is 35.1 Å². The normalized spacial score (nSPS) is 11.6. The number of carbonyl (C=O) groups is 1. The Kier molecular flexibility index (Phi) is 8.60. The maximum Gasteiger partial charge on any atom is 0.333 e. The first-order valence-corrected chi connectivity index (χ1v) is 11.6. The summed E-state index contributed by atoms with van der Waals surface area (Å²) in [5.41, 5.74) is 2.19. The van der Waals surface area contributed by atoms with E-state index in [4.69, 9.17) is 16.3 Å². The van der Waals surface area contributed by atoms with Gasteiger partial charge in [-0.2, -0.15) is 5.10 Å². The second-order valence-corrected chi connectivity index (χ2v) is 9.64. The van der Waals surface area contributed by atoms with Gasteiger partial charge in [-0.15, -0.1) is 5.10 Å². The van der Waals surface area contributed by atoms with Crippen molar-refractivity contribution in [2.24, 2.45) is 0 Å². The van der Waals surface area contributed by atoms with Gasteiger partial charge in [0.25, 0.3) is 10.0 Å². The third-order valence-corrected chi connectivity index (χ3v) is 5.94. The average molecular weight is 470 g/mol. The van der Waals surface area contributed by atoms with Crippen LogP contribution in [-0.2, 0) is 14.8 Å². The van der Waals surface area contributed by atoms with Gasteiger partial charge in [0.15, 0.2) is 0 Å². The molecule has 2 aromatic rings. The van der Waals surface area contributed by atoms with Crippen LogP contribution in [0.2, 0.25) is 5.02 Å². The molecule has 0 fully saturated rings. The fourth-order valence-corrected chi connectivity index (χ4v) is 3.99. The van der Waals surface area contributed by atoms with Gasteiger partial charge in [-0.1, -0.05) is 39.3 Å². The number of aromatic nitrogens is 2. The predicted octanol–water partition coefficient (Wildman–Crippen LogP) is 3.95. The first kappa shape index (κ1) is 24.8. The smallest absolute Gasteiger partial charge is 0.333 e. The summed E-state index contributed by atoms with van der Waals surface area (Å²) in [5.74, 6) is 0.378. The van der Waals surface area contributed by atoms with E-state index < -0.39 is 16.1 Å². The van der Waals surface area contributed by atoms with E-state index in [0.717, 1.165) is 17.3 Å². The quantitative estimate of drug-likeness (QED) is 0.475. The van der Waals surface area contributed by atoms with Crippen LogP contribution in [0.1, 0.15) is 50.7 Å². The van der Waals surface area contributed by atoms with Gasteiger partial charge in [0.1, 0.15) is 10.7 Å². The zero-order valence-corrected chi connectivity index (χ0v) is 19.8. The third-order valence-electron chi connectivity index (χ3n) is 4.43. The van der Waals surface area contributed by atoms with Gasteiger partial charge in [0, 0.05) is 30.4 Å². The number of urea groups is 1. The van der Waals surface area contributed by atoms with E-state index in [1.165, 1.54) is 6.07 Å². The highest BCUT2D eigenvalue weighted by Gasteiger charge is 2.22.